The van der Waals surface area contributed by atoms with E-state index in [1.54, 1.807) is 24.3 Å². The van der Waals surface area contributed by atoms with Crippen molar-refractivity contribution >= 4 is 23.6 Å². The number of carbonyl (C=O) groups is 2. The first-order chi connectivity index (χ1) is 12.8. The smallest absolute Gasteiger partial charge is 0.312 e. The topological polar surface area (TPSA) is 90.7 Å². The minimum atomic E-state index is -0.721. The molecule has 0 unspecified atom stereocenters. The van der Waals surface area contributed by atoms with E-state index in [-0.39, 0.29) is 19.6 Å². The van der Waals surface area contributed by atoms with Gasteiger partial charge in [0.2, 0.25) is 0 Å². The van der Waals surface area contributed by atoms with Crippen molar-refractivity contribution in [2.24, 2.45) is 5.73 Å². The maximum absolute atomic E-state index is 12.1. The minimum absolute atomic E-state index is 0.0475. The summed E-state index contributed by atoms with van der Waals surface area (Å²) in [5.74, 6) is 0.269. The second-order valence-corrected chi connectivity index (χ2v) is 6.65. The third-order valence-electron chi connectivity index (χ3n) is 3.77. The summed E-state index contributed by atoms with van der Waals surface area (Å²) in [6, 6.07) is 11.4. The summed E-state index contributed by atoms with van der Waals surface area (Å²) in [6.07, 6.45) is -0.0475. The number of ether oxygens (including phenoxy) is 2. The summed E-state index contributed by atoms with van der Waals surface area (Å²) in [6.45, 7) is 4.32. The molecule has 2 rings (SSSR count). The van der Waals surface area contributed by atoms with Crippen molar-refractivity contribution in [2.75, 3.05) is 13.2 Å². The van der Waals surface area contributed by atoms with Gasteiger partial charge in [0.05, 0.1) is 12.5 Å². The number of hydrogen-bond acceptors (Lipinski definition) is 4. The number of amides is 2. The summed E-state index contributed by atoms with van der Waals surface area (Å²) in [5, 5.41) is 3.10. The van der Waals surface area contributed by atoms with Gasteiger partial charge in [0.15, 0.2) is 0 Å². The Labute approximate surface area is 163 Å². The molecule has 0 bridgehead atoms. The number of rotatable bonds is 8. The highest BCUT2D eigenvalue weighted by molar-refractivity contribution is 6.30. The van der Waals surface area contributed by atoms with E-state index < -0.39 is 18.0 Å². The first-order valence-electron chi connectivity index (χ1n) is 8.51. The number of urea groups is 1. The summed E-state index contributed by atoms with van der Waals surface area (Å²) in [4.78, 5) is 23.3. The zero-order valence-corrected chi connectivity index (χ0v) is 16.1. The molecule has 1 atom stereocenters. The monoisotopic (exact) mass is 390 g/mol. The Morgan fingerprint density at radius 1 is 1.07 bits per heavy atom. The van der Waals surface area contributed by atoms with Gasteiger partial charge < -0.3 is 20.5 Å². The maximum atomic E-state index is 12.1. The van der Waals surface area contributed by atoms with Crippen LogP contribution in [0.5, 0.6) is 5.75 Å². The van der Waals surface area contributed by atoms with Crippen molar-refractivity contribution in [3.63, 3.8) is 0 Å². The molecule has 0 fully saturated rings. The predicted octanol–water partition coefficient (Wildman–Crippen LogP) is 3.68. The van der Waals surface area contributed by atoms with Crippen molar-refractivity contribution in [3.05, 3.63) is 64.2 Å². The molecule has 0 spiro atoms. The fraction of sp³-hybridized carbons (Fsp3) is 0.300. The molecule has 0 saturated carbocycles. The van der Waals surface area contributed by atoms with Gasteiger partial charge in [-0.1, -0.05) is 29.8 Å². The van der Waals surface area contributed by atoms with Crippen molar-refractivity contribution in [2.45, 2.75) is 26.3 Å². The molecule has 0 aliphatic heterocycles. The van der Waals surface area contributed by atoms with Gasteiger partial charge in [-0.15, -0.1) is 0 Å². The molecule has 0 saturated heterocycles. The quantitative estimate of drug-likeness (QED) is 0.531. The third-order valence-corrected chi connectivity index (χ3v) is 4.02. The van der Waals surface area contributed by atoms with Crippen molar-refractivity contribution in [3.8, 4) is 5.75 Å². The normalized spacial score (nSPS) is 11.5. The van der Waals surface area contributed by atoms with Crippen LogP contribution in [0.2, 0.25) is 5.02 Å². The standard InChI is InChI=1S/C20H23ClN2O4/c1-13-9-14(2)11-17(10-13)26-7-8-27-19(24)12-18(23-20(22)25)15-3-5-16(21)6-4-15/h3-6,9-11,18H,7-8,12H2,1-2H3,(H3,22,23,25)/t18-/m1/s1. The van der Waals surface area contributed by atoms with Crippen LogP contribution in [0.25, 0.3) is 0 Å². The zero-order valence-electron chi connectivity index (χ0n) is 15.3. The Morgan fingerprint density at radius 2 is 1.70 bits per heavy atom. The van der Waals surface area contributed by atoms with Gasteiger partial charge in [0.25, 0.3) is 0 Å². The first-order valence-corrected chi connectivity index (χ1v) is 8.89. The van der Waals surface area contributed by atoms with Crippen LogP contribution in [0.15, 0.2) is 42.5 Å². The highest BCUT2D eigenvalue weighted by atomic mass is 35.5. The van der Waals surface area contributed by atoms with Crippen LogP contribution >= 0.6 is 11.6 Å². The molecule has 2 aromatic rings. The van der Waals surface area contributed by atoms with Gasteiger partial charge in [0.1, 0.15) is 19.0 Å². The van der Waals surface area contributed by atoms with Crippen molar-refractivity contribution < 1.29 is 19.1 Å². The number of hydrogen-bond donors (Lipinski definition) is 2. The van der Waals surface area contributed by atoms with Crippen molar-refractivity contribution in [1.82, 2.24) is 5.32 Å². The molecule has 144 valence electrons. The summed E-state index contributed by atoms with van der Waals surface area (Å²) in [7, 11) is 0. The van der Waals surface area contributed by atoms with E-state index in [0.29, 0.717) is 10.6 Å². The fourth-order valence-corrected chi connectivity index (χ4v) is 2.80. The number of aryl methyl sites for hydroxylation is 2. The molecule has 6 nitrogen and oxygen atoms in total. The van der Waals surface area contributed by atoms with Gasteiger partial charge >= 0.3 is 12.0 Å². The minimum Gasteiger partial charge on any atom is -0.490 e. The van der Waals surface area contributed by atoms with E-state index in [0.717, 1.165) is 16.9 Å². The Morgan fingerprint density at radius 3 is 2.30 bits per heavy atom. The lowest BCUT2D eigenvalue weighted by molar-refractivity contribution is -0.144. The average Bonchev–Trinajstić information content (AvgIpc) is 2.57. The van der Waals surface area contributed by atoms with Gasteiger partial charge in [-0.2, -0.15) is 0 Å². The Balaban J connectivity index is 1.84. The van der Waals surface area contributed by atoms with E-state index >= 15 is 0 Å². The second kappa shape index (κ2) is 9.83. The summed E-state index contributed by atoms with van der Waals surface area (Å²) in [5.41, 5.74) is 8.11. The average molecular weight is 391 g/mol. The summed E-state index contributed by atoms with van der Waals surface area (Å²) >= 11 is 5.86. The molecule has 0 radical (unpaired) electrons. The van der Waals surface area contributed by atoms with Crippen LogP contribution in [-0.2, 0) is 9.53 Å². The van der Waals surface area contributed by atoms with Gasteiger partial charge in [-0.3, -0.25) is 4.79 Å². The number of esters is 1. The highest BCUT2D eigenvalue weighted by Gasteiger charge is 2.18. The number of nitrogens with one attached hydrogen (secondary N) is 1. The van der Waals surface area contributed by atoms with Gasteiger partial charge in [-0.25, -0.2) is 4.79 Å². The van der Waals surface area contributed by atoms with E-state index in [9.17, 15) is 9.59 Å². The van der Waals surface area contributed by atoms with E-state index in [1.165, 1.54) is 0 Å². The molecule has 0 aromatic heterocycles. The number of carbonyl (C=O) groups excluding carboxylic acids is 2. The Hall–Kier alpha value is -2.73. The van der Waals surface area contributed by atoms with E-state index in [2.05, 4.69) is 11.4 Å². The van der Waals surface area contributed by atoms with Gasteiger partial charge in [-0.05, 0) is 54.8 Å². The van der Waals surface area contributed by atoms with Crippen LogP contribution in [0.3, 0.4) is 0 Å². The molecule has 0 aliphatic rings. The largest absolute Gasteiger partial charge is 0.490 e. The number of nitrogens with two attached hydrogens (primary N) is 1. The van der Waals surface area contributed by atoms with Crippen LogP contribution in [0.4, 0.5) is 4.79 Å². The molecule has 2 aromatic carbocycles. The predicted molar refractivity (Wildman–Crippen MR) is 104 cm³/mol. The maximum Gasteiger partial charge on any atom is 0.312 e. The molecular weight excluding hydrogens is 368 g/mol. The number of primary amides is 1. The molecule has 3 N–H and O–H groups in total. The Bertz CT molecular complexity index is 773. The zero-order chi connectivity index (χ0) is 19.8. The van der Waals surface area contributed by atoms with Gasteiger partial charge in [0, 0.05) is 5.02 Å². The van der Waals surface area contributed by atoms with Crippen molar-refractivity contribution in [1.29, 1.82) is 0 Å². The van der Waals surface area contributed by atoms with Crippen LogP contribution in [0, 0.1) is 13.8 Å². The first kappa shape index (κ1) is 20.6. The molecular formula is C20H23ClN2O4. The number of benzene rings is 2. The molecule has 7 heteroatoms. The lowest BCUT2D eigenvalue weighted by Crippen LogP contribution is -2.34. The Kier molecular flexibility index (Phi) is 7.49. The van der Waals surface area contributed by atoms with E-state index in [1.807, 2.05) is 26.0 Å². The number of halogens is 1. The lowest BCUT2D eigenvalue weighted by atomic mass is 10.0. The second-order valence-electron chi connectivity index (χ2n) is 6.21. The third kappa shape index (κ3) is 7.19. The molecule has 2 amide bonds. The van der Waals surface area contributed by atoms with Crippen LogP contribution in [0.1, 0.15) is 29.2 Å². The van der Waals surface area contributed by atoms with Crippen LogP contribution in [-0.4, -0.2) is 25.2 Å². The molecule has 0 aliphatic carbocycles. The highest BCUT2D eigenvalue weighted by Crippen LogP contribution is 2.20. The summed E-state index contributed by atoms with van der Waals surface area (Å²) < 4.78 is 10.8. The fourth-order valence-electron chi connectivity index (χ4n) is 2.68. The SMILES string of the molecule is Cc1cc(C)cc(OCCOC(=O)C[C@@H](NC(N)=O)c2ccc(Cl)cc2)c1. The molecule has 0 heterocycles. The van der Waals surface area contributed by atoms with E-state index in [4.69, 9.17) is 26.8 Å². The molecule has 27 heavy (non-hydrogen) atoms. The van der Waals surface area contributed by atoms with Crippen LogP contribution < -0.4 is 15.8 Å². The lowest BCUT2D eigenvalue weighted by Gasteiger charge is -2.17.